The zero-order valence-corrected chi connectivity index (χ0v) is 14.0. The molecule has 2 aromatic carbocycles. The average Bonchev–Trinajstić information content (AvgIpc) is 2.59. The molecule has 0 saturated heterocycles. The molecule has 0 bridgehead atoms. The molecule has 2 atom stereocenters. The third-order valence-electron chi connectivity index (χ3n) is 3.48. The minimum atomic E-state index is -1.23. The fraction of sp³-hybridized carbons (Fsp3) is 0.222. The molecular formula is C18H20N2O3S. The summed E-state index contributed by atoms with van der Waals surface area (Å²) in [4.78, 5) is 24.3. The van der Waals surface area contributed by atoms with Gasteiger partial charge in [-0.25, -0.2) is 0 Å². The Morgan fingerprint density at radius 2 is 1.58 bits per heavy atom. The third-order valence-corrected chi connectivity index (χ3v) is 4.89. The molecule has 0 unspecified atom stereocenters. The van der Waals surface area contributed by atoms with Crippen LogP contribution in [0.1, 0.15) is 12.0 Å². The van der Waals surface area contributed by atoms with Crippen molar-refractivity contribution in [2.75, 3.05) is 5.75 Å². The lowest BCUT2D eigenvalue weighted by Crippen LogP contribution is -2.45. The van der Waals surface area contributed by atoms with Crippen molar-refractivity contribution in [3.63, 3.8) is 0 Å². The van der Waals surface area contributed by atoms with Crippen LogP contribution in [0.4, 0.5) is 0 Å². The molecule has 0 aliphatic rings. The van der Waals surface area contributed by atoms with E-state index in [0.717, 1.165) is 5.56 Å². The fourth-order valence-electron chi connectivity index (χ4n) is 2.23. The van der Waals surface area contributed by atoms with E-state index in [1.807, 2.05) is 36.4 Å². The molecule has 24 heavy (non-hydrogen) atoms. The molecule has 0 aromatic heterocycles. The van der Waals surface area contributed by atoms with E-state index in [1.165, 1.54) is 0 Å². The van der Waals surface area contributed by atoms with Gasteiger partial charge >= 0.3 is 0 Å². The van der Waals surface area contributed by atoms with E-state index in [1.54, 1.807) is 24.3 Å². The van der Waals surface area contributed by atoms with Crippen molar-refractivity contribution in [3.05, 3.63) is 66.2 Å². The lowest BCUT2D eigenvalue weighted by atomic mass is 10.1. The first kappa shape index (κ1) is 17.9. The number of benzene rings is 2. The molecular weight excluding hydrogens is 324 g/mol. The zero-order valence-electron chi connectivity index (χ0n) is 13.2. The molecule has 0 heterocycles. The number of nitrogens with two attached hydrogens (primary N) is 1. The Bertz CT molecular complexity index is 705. The van der Waals surface area contributed by atoms with Gasteiger partial charge in [0, 0.05) is 10.6 Å². The van der Waals surface area contributed by atoms with Crippen molar-refractivity contribution in [1.29, 1.82) is 0 Å². The summed E-state index contributed by atoms with van der Waals surface area (Å²) >= 11 is 0. The Kier molecular flexibility index (Phi) is 6.69. The van der Waals surface area contributed by atoms with E-state index in [0.29, 0.717) is 4.90 Å². The van der Waals surface area contributed by atoms with Gasteiger partial charge in [-0.2, -0.15) is 0 Å². The smallest absolute Gasteiger partial charge is 0.240 e. The predicted molar refractivity (Wildman–Crippen MR) is 93.6 cm³/mol. The second kappa shape index (κ2) is 8.98. The Hall–Kier alpha value is -2.47. The summed E-state index contributed by atoms with van der Waals surface area (Å²) in [6, 6.07) is 17.4. The molecule has 2 rings (SSSR count). The molecule has 0 aliphatic heterocycles. The van der Waals surface area contributed by atoms with Gasteiger partial charge in [0.1, 0.15) is 6.04 Å². The van der Waals surface area contributed by atoms with Crippen LogP contribution in [0.25, 0.3) is 0 Å². The summed E-state index contributed by atoms with van der Waals surface area (Å²) in [6.45, 7) is 0. The Balaban J connectivity index is 1.89. The lowest BCUT2D eigenvalue weighted by Gasteiger charge is -2.15. The molecule has 0 spiro atoms. The van der Waals surface area contributed by atoms with Crippen molar-refractivity contribution in [1.82, 2.24) is 5.32 Å². The van der Waals surface area contributed by atoms with Crippen molar-refractivity contribution >= 4 is 22.6 Å². The normalized spacial score (nSPS) is 13.0. The molecule has 126 valence electrons. The van der Waals surface area contributed by atoms with Crippen LogP contribution < -0.4 is 11.1 Å². The lowest BCUT2D eigenvalue weighted by molar-refractivity contribution is -0.127. The van der Waals surface area contributed by atoms with Gasteiger partial charge in [-0.05, 0) is 24.1 Å². The molecule has 2 aromatic rings. The molecule has 0 radical (unpaired) electrons. The summed E-state index contributed by atoms with van der Waals surface area (Å²) in [5, 5.41) is 2.62. The predicted octanol–water partition coefficient (Wildman–Crippen LogP) is 1.40. The summed E-state index contributed by atoms with van der Waals surface area (Å²) in [6.07, 6.45) is 0.407. The van der Waals surface area contributed by atoms with Crippen molar-refractivity contribution in [2.24, 2.45) is 5.73 Å². The highest BCUT2D eigenvalue weighted by Gasteiger charge is 2.19. The fourth-order valence-corrected chi connectivity index (χ4v) is 3.37. The highest BCUT2D eigenvalue weighted by Crippen LogP contribution is 2.08. The standard InChI is InChI=1S/C18H20N2O3S/c19-18(22)16(11-12-24(23)15-9-5-2-6-10-15)20-17(21)13-14-7-3-1-4-8-14/h1-10,16H,11-13H2,(H2,19,22)(H,20,21)/t16-,24-/m0/s1. The van der Waals surface area contributed by atoms with Crippen molar-refractivity contribution in [2.45, 2.75) is 23.8 Å². The van der Waals surface area contributed by atoms with Crippen LogP contribution in [0.2, 0.25) is 0 Å². The summed E-state index contributed by atoms with van der Waals surface area (Å²) in [7, 11) is -1.23. The quantitative estimate of drug-likeness (QED) is 0.758. The molecule has 0 fully saturated rings. The third kappa shape index (κ3) is 5.62. The highest BCUT2D eigenvalue weighted by molar-refractivity contribution is 7.85. The maximum absolute atomic E-state index is 12.2. The van der Waals surface area contributed by atoms with Gasteiger partial charge in [-0.15, -0.1) is 0 Å². The van der Waals surface area contributed by atoms with E-state index in [2.05, 4.69) is 5.32 Å². The molecule has 0 aliphatic carbocycles. The number of amides is 2. The summed E-state index contributed by atoms with van der Waals surface area (Å²) < 4.78 is 12.2. The van der Waals surface area contributed by atoms with Crippen LogP contribution in [0.15, 0.2) is 65.6 Å². The van der Waals surface area contributed by atoms with Gasteiger partial charge in [-0.1, -0.05) is 48.5 Å². The van der Waals surface area contributed by atoms with Crippen LogP contribution in [0, 0.1) is 0 Å². The van der Waals surface area contributed by atoms with E-state index in [4.69, 9.17) is 5.73 Å². The van der Waals surface area contributed by atoms with Gasteiger partial charge < -0.3 is 11.1 Å². The minimum Gasteiger partial charge on any atom is -0.368 e. The van der Waals surface area contributed by atoms with E-state index in [-0.39, 0.29) is 24.5 Å². The number of carbonyl (C=O) groups is 2. The topological polar surface area (TPSA) is 89.3 Å². The van der Waals surface area contributed by atoms with Gasteiger partial charge in [0.05, 0.1) is 17.2 Å². The van der Waals surface area contributed by atoms with Gasteiger partial charge in [0.2, 0.25) is 11.8 Å². The first-order chi connectivity index (χ1) is 11.6. The van der Waals surface area contributed by atoms with Crippen LogP contribution in [0.3, 0.4) is 0 Å². The molecule has 2 amide bonds. The van der Waals surface area contributed by atoms with Crippen LogP contribution in [-0.4, -0.2) is 27.8 Å². The van der Waals surface area contributed by atoms with E-state index >= 15 is 0 Å². The second-order valence-electron chi connectivity index (χ2n) is 5.34. The van der Waals surface area contributed by atoms with Crippen LogP contribution in [-0.2, 0) is 26.8 Å². The van der Waals surface area contributed by atoms with Crippen LogP contribution >= 0.6 is 0 Å². The maximum Gasteiger partial charge on any atom is 0.240 e. The largest absolute Gasteiger partial charge is 0.368 e. The maximum atomic E-state index is 12.2. The molecule has 0 saturated carbocycles. The molecule has 6 heteroatoms. The van der Waals surface area contributed by atoms with E-state index in [9.17, 15) is 13.8 Å². The number of hydrogen-bond acceptors (Lipinski definition) is 3. The van der Waals surface area contributed by atoms with Crippen molar-refractivity contribution in [3.8, 4) is 0 Å². The number of carbonyl (C=O) groups excluding carboxylic acids is 2. The first-order valence-electron chi connectivity index (χ1n) is 7.62. The number of hydrogen-bond donors (Lipinski definition) is 2. The number of primary amides is 1. The number of rotatable bonds is 8. The summed E-state index contributed by atoms with van der Waals surface area (Å²) in [5.74, 6) is -0.652. The average molecular weight is 344 g/mol. The van der Waals surface area contributed by atoms with E-state index < -0.39 is 22.7 Å². The number of nitrogens with one attached hydrogen (secondary N) is 1. The van der Waals surface area contributed by atoms with Crippen LogP contribution in [0.5, 0.6) is 0 Å². The SMILES string of the molecule is NC(=O)[C@H](CC[S@](=O)c1ccccc1)NC(=O)Cc1ccccc1. The Morgan fingerprint density at radius 1 is 1.00 bits per heavy atom. The van der Waals surface area contributed by atoms with Gasteiger partial charge in [-0.3, -0.25) is 13.8 Å². The second-order valence-corrected chi connectivity index (χ2v) is 6.91. The Morgan fingerprint density at radius 3 is 2.17 bits per heavy atom. The van der Waals surface area contributed by atoms with Gasteiger partial charge in [0.15, 0.2) is 0 Å². The molecule has 5 nitrogen and oxygen atoms in total. The minimum absolute atomic E-state index is 0.173. The van der Waals surface area contributed by atoms with Crippen molar-refractivity contribution < 1.29 is 13.8 Å². The molecule has 3 N–H and O–H groups in total. The Labute approximate surface area is 143 Å². The zero-order chi connectivity index (χ0) is 17.4. The van der Waals surface area contributed by atoms with Gasteiger partial charge in [0.25, 0.3) is 0 Å². The first-order valence-corrected chi connectivity index (χ1v) is 8.94. The monoisotopic (exact) mass is 344 g/mol. The highest BCUT2D eigenvalue weighted by atomic mass is 32.2. The summed E-state index contributed by atoms with van der Waals surface area (Å²) in [5.41, 5.74) is 6.20.